The Morgan fingerprint density at radius 2 is 1.75 bits per heavy atom. The molecule has 1 N–H and O–H groups in total. The molecule has 0 saturated heterocycles. The predicted octanol–water partition coefficient (Wildman–Crippen LogP) is 3.38. The number of hydrogen-bond donors (Lipinski definition) is 1. The van der Waals surface area contributed by atoms with Crippen molar-refractivity contribution in [3.05, 3.63) is 96.6 Å². The summed E-state index contributed by atoms with van der Waals surface area (Å²) in [5.41, 5.74) is 2.00. The molecule has 1 amide bonds. The maximum absolute atomic E-state index is 12.3. The average molecular weight is 371 g/mol. The molecule has 28 heavy (non-hydrogen) atoms. The van der Waals surface area contributed by atoms with Crippen molar-refractivity contribution in [2.24, 2.45) is 0 Å². The monoisotopic (exact) mass is 371 g/mol. The molecule has 2 heterocycles. The summed E-state index contributed by atoms with van der Waals surface area (Å²) < 4.78 is 7.34. The van der Waals surface area contributed by atoms with Crippen LogP contribution in [0.5, 0.6) is 11.5 Å². The van der Waals surface area contributed by atoms with Crippen LogP contribution in [0.4, 0.5) is 0 Å². The standard InChI is InChI=1S/C21H17N5O2/c27-21(16-8-10-20(11-9-16)28-19-6-2-1-3-7-19)23-13-17-15-26(25-24-17)18-5-4-12-22-14-18/h1-12,14-15H,13H2,(H,23,27). The average Bonchev–Trinajstić information content (AvgIpc) is 3.23. The van der Waals surface area contributed by atoms with Gasteiger partial charge in [0.25, 0.3) is 5.91 Å². The van der Waals surface area contributed by atoms with E-state index in [1.807, 2.05) is 42.5 Å². The summed E-state index contributed by atoms with van der Waals surface area (Å²) in [7, 11) is 0. The molecule has 0 radical (unpaired) electrons. The molecule has 2 aromatic carbocycles. The molecule has 4 rings (SSSR count). The fourth-order valence-electron chi connectivity index (χ4n) is 2.57. The Morgan fingerprint density at radius 3 is 2.50 bits per heavy atom. The van der Waals surface area contributed by atoms with Crippen LogP contribution in [0.2, 0.25) is 0 Å². The van der Waals surface area contributed by atoms with E-state index >= 15 is 0 Å². The number of pyridine rings is 1. The van der Waals surface area contributed by atoms with Crippen molar-refractivity contribution < 1.29 is 9.53 Å². The molecule has 138 valence electrons. The number of ether oxygens (including phenoxy) is 1. The number of benzene rings is 2. The van der Waals surface area contributed by atoms with Gasteiger partial charge in [-0.05, 0) is 48.5 Å². The number of carbonyl (C=O) groups is 1. The van der Waals surface area contributed by atoms with Crippen molar-refractivity contribution in [1.82, 2.24) is 25.3 Å². The Hall–Kier alpha value is -4.00. The van der Waals surface area contributed by atoms with E-state index in [0.29, 0.717) is 17.0 Å². The van der Waals surface area contributed by atoms with Crippen molar-refractivity contribution in [3.8, 4) is 17.2 Å². The Kier molecular flexibility index (Phi) is 5.06. The molecule has 0 atom stereocenters. The van der Waals surface area contributed by atoms with Crippen LogP contribution >= 0.6 is 0 Å². The fraction of sp³-hybridized carbons (Fsp3) is 0.0476. The number of rotatable bonds is 6. The molecule has 2 aromatic heterocycles. The van der Waals surface area contributed by atoms with Gasteiger partial charge >= 0.3 is 0 Å². The van der Waals surface area contributed by atoms with Gasteiger partial charge in [0, 0.05) is 11.8 Å². The van der Waals surface area contributed by atoms with E-state index < -0.39 is 0 Å². The van der Waals surface area contributed by atoms with Crippen LogP contribution in [-0.4, -0.2) is 25.9 Å². The molecule has 0 unspecified atom stereocenters. The minimum atomic E-state index is -0.192. The van der Waals surface area contributed by atoms with Gasteiger partial charge in [0.2, 0.25) is 0 Å². The first-order valence-electron chi connectivity index (χ1n) is 8.71. The van der Waals surface area contributed by atoms with Crippen molar-refractivity contribution in [3.63, 3.8) is 0 Å². The Labute approximate surface area is 161 Å². The highest BCUT2D eigenvalue weighted by atomic mass is 16.5. The minimum Gasteiger partial charge on any atom is -0.457 e. The molecular weight excluding hydrogens is 354 g/mol. The van der Waals surface area contributed by atoms with Crippen LogP contribution in [-0.2, 0) is 6.54 Å². The molecule has 0 bridgehead atoms. The summed E-state index contributed by atoms with van der Waals surface area (Å²) in [6.45, 7) is 0.279. The van der Waals surface area contributed by atoms with Crippen LogP contribution in [0.15, 0.2) is 85.3 Å². The number of carbonyl (C=O) groups excluding carboxylic acids is 1. The Morgan fingerprint density at radius 1 is 0.964 bits per heavy atom. The maximum atomic E-state index is 12.3. The zero-order valence-electron chi connectivity index (χ0n) is 14.9. The number of aromatic nitrogens is 4. The van der Waals surface area contributed by atoms with E-state index in [9.17, 15) is 4.79 Å². The first-order chi connectivity index (χ1) is 13.8. The van der Waals surface area contributed by atoms with Gasteiger partial charge < -0.3 is 10.1 Å². The minimum absolute atomic E-state index is 0.192. The van der Waals surface area contributed by atoms with Crippen molar-refractivity contribution in [2.45, 2.75) is 6.54 Å². The van der Waals surface area contributed by atoms with E-state index in [1.54, 1.807) is 47.5 Å². The third-order valence-electron chi connectivity index (χ3n) is 3.98. The van der Waals surface area contributed by atoms with Gasteiger partial charge in [0.05, 0.1) is 24.6 Å². The molecule has 0 aliphatic heterocycles. The van der Waals surface area contributed by atoms with E-state index in [-0.39, 0.29) is 12.5 Å². The van der Waals surface area contributed by atoms with E-state index in [0.717, 1.165) is 11.4 Å². The van der Waals surface area contributed by atoms with Gasteiger partial charge in [-0.15, -0.1) is 5.10 Å². The maximum Gasteiger partial charge on any atom is 0.251 e. The second kappa shape index (κ2) is 8.13. The molecule has 0 aliphatic rings. The van der Waals surface area contributed by atoms with Gasteiger partial charge in [0.15, 0.2) is 0 Å². The number of nitrogens with one attached hydrogen (secondary N) is 1. The van der Waals surface area contributed by atoms with Crippen LogP contribution in [0.1, 0.15) is 16.1 Å². The summed E-state index contributed by atoms with van der Waals surface area (Å²) in [5, 5.41) is 11.0. The second-order valence-electron chi connectivity index (χ2n) is 5.99. The third kappa shape index (κ3) is 4.21. The molecular formula is C21H17N5O2. The molecule has 7 heteroatoms. The molecule has 0 aliphatic carbocycles. The summed E-state index contributed by atoms with van der Waals surface area (Å²) >= 11 is 0. The van der Waals surface area contributed by atoms with Crippen LogP contribution in [0.25, 0.3) is 5.69 Å². The van der Waals surface area contributed by atoms with Gasteiger partial charge in [0.1, 0.15) is 17.2 Å². The SMILES string of the molecule is O=C(NCc1cn(-c2cccnc2)nn1)c1ccc(Oc2ccccc2)cc1. The highest BCUT2D eigenvalue weighted by Gasteiger charge is 2.08. The fourth-order valence-corrected chi connectivity index (χ4v) is 2.57. The highest BCUT2D eigenvalue weighted by Crippen LogP contribution is 2.21. The highest BCUT2D eigenvalue weighted by molar-refractivity contribution is 5.94. The largest absolute Gasteiger partial charge is 0.457 e. The molecule has 0 saturated carbocycles. The summed E-state index contributed by atoms with van der Waals surface area (Å²) in [5.74, 6) is 1.22. The lowest BCUT2D eigenvalue weighted by Gasteiger charge is -2.07. The lowest BCUT2D eigenvalue weighted by molar-refractivity contribution is 0.0950. The van der Waals surface area contributed by atoms with Crippen LogP contribution in [0.3, 0.4) is 0 Å². The normalized spacial score (nSPS) is 10.4. The molecule has 0 fully saturated rings. The smallest absolute Gasteiger partial charge is 0.251 e. The topological polar surface area (TPSA) is 81.9 Å². The number of amides is 1. The number of nitrogens with zero attached hydrogens (tertiary/aromatic N) is 4. The second-order valence-corrected chi connectivity index (χ2v) is 5.99. The summed E-state index contributed by atoms with van der Waals surface area (Å²) in [6.07, 6.45) is 5.14. The molecule has 4 aromatic rings. The lowest BCUT2D eigenvalue weighted by atomic mass is 10.2. The lowest BCUT2D eigenvalue weighted by Crippen LogP contribution is -2.22. The molecule has 0 spiro atoms. The van der Waals surface area contributed by atoms with Gasteiger partial charge in [-0.2, -0.15) is 0 Å². The van der Waals surface area contributed by atoms with Gasteiger partial charge in [-0.25, -0.2) is 4.68 Å². The van der Waals surface area contributed by atoms with Gasteiger partial charge in [-0.3, -0.25) is 9.78 Å². The third-order valence-corrected chi connectivity index (χ3v) is 3.98. The quantitative estimate of drug-likeness (QED) is 0.562. The first-order valence-corrected chi connectivity index (χ1v) is 8.71. The van der Waals surface area contributed by atoms with E-state index in [2.05, 4.69) is 20.6 Å². The Balaban J connectivity index is 1.34. The predicted molar refractivity (Wildman–Crippen MR) is 103 cm³/mol. The number of hydrogen-bond acceptors (Lipinski definition) is 5. The first kappa shape index (κ1) is 17.4. The van der Waals surface area contributed by atoms with Crippen LogP contribution in [0, 0.1) is 0 Å². The van der Waals surface area contributed by atoms with E-state index in [1.165, 1.54) is 0 Å². The summed E-state index contributed by atoms with van der Waals surface area (Å²) in [4.78, 5) is 16.4. The Bertz CT molecular complexity index is 1050. The van der Waals surface area contributed by atoms with E-state index in [4.69, 9.17) is 4.74 Å². The van der Waals surface area contributed by atoms with Crippen molar-refractivity contribution in [2.75, 3.05) is 0 Å². The summed E-state index contributed by atoms with van der Waals surface area (Å²) in [6, 6.07) is 20.2. The zero-order chi connectivity index (χ0) is 19.2. The van der Waals surface area contributed by atoms with Crippen LogP contribution < -0.4 is 10.1 Å². The molecule has 7 nitrogen and oxygen atoms in total. The van der Waals surface area contributed by atoms with Crippen molar-refractivity contribution in [1.29, 1.82) is 0 Å². The number of para-hydroxylation sites is 1. The zero-order valence-corrected chi connectivity index (χ0v) is 14.9. The van der Waals surface area contributed by atoms with Crippen molar-refractivity contribution >= 4 is 5.91 Å². The van der Waals surface area contributed by atoms with Gasteiger partial charge in [-0.1, -0.05) is 23.4 Å².